The van der Waals surface area contributed by atoms with Crippen LogP contribution in [0.25, 0.3) is 0 Å². The molecule has 1 fully saturated rings. The van der Waals surface area contributed by atoms with Crippen molar-refractivity contribution in [1.29, 1.82) is 0 Å². The Hall–Kier alpha value is -1.56. The standard InChI is InChI=1S/C14H19ClN2O4/c1-3-21-13(20)14(2)6-4-9(5-7-14)17-11(15)10(8-16-17)12(18)19/h8-9H,3-7H2,1-2H3,(H,18,19)/t9-,14-. The van der Waals surface area contributed by atoms with Crippen molar-refractivity contribution in [1.82, 2.24) is 9.78 Å². The number of nitrogens with zero attached hydrogens (tertiary/aromatic N) is 2. The predicted octanol–water partition coefficient (Wildman–Crippen LogP) is 2.92. The van der Waals surface area contributed by atoms with Gasteiger partial charge in [-0.1, -0.05) is 11.6 Å². The van der Waals surface area contributed by atoms with Crippen molar-refractivity contribution in [2.45, 2.75) is 45.6 Å². The number of ether oxygens (including phenoxy) is 1. The molecule has 6 nitrogen and oxygen atoms in total. The summed E-state index contributed by atoms with van der Waals surface area (Å²) in [7, 11) is 0. The number of aromatic carboxylic acids is 1. The Balaban J connectivity index is 2.08. The van der Waals surface area contributed by atoms with Crippen LogP contribution in [0.15, 0.2) is 6.20 Å². The molecule has 0 atom stereocenters. The van der Waals surface area contributed by atoms with Gasteiger partial charge in [0.25, 0.3) is 0 Å². The molecule has 1 aromatic heterocycles. The van der Waals surface area contributed by atoms with Crippen LogP contribution >= 0.6 is 11.6 Å². The Kier molecular flexibility index (Phi) is 4.56. The maximum atomic E-state index is 12.0. The first-order chi connectivity index (χ1) is 9.89. The largest absolute Gasteiger partial charge is 0.478 e. The third-order valence-corrected chi connectivity index (χ3v) is 4.51. The van der Waals surface area contributed by atoms with Gasteiger partial charge in [0, 0.05) is 0 Å². The van der Waals surface area contributed by atoms with Crippen LogP contribution in [0.1, 0.15) is 55.9 Å². The molecule has 1 N–H and O–H groups in total. The average molecular weight is 315 g/mol. The topological polar surface area (TPSA) is 81.4 Å². The zero-order valence-electron chi connectivity index (χ0n) is 12.1. The van der Waals surface area contributed by atoms with Crippen molar-refractivity contribution >= 4 is 23.5 Å². The van der Waals surface area contributed by atoms with Gasteiger partial charge in [0.1, 0.15) is 10.7 Å². The first kappa shape index (κ1) is 15.8. The lowest BCUT2D eigenvalue weighted by atomic mass is 9.74. The van der Waals surface area contributed by atoms with Crippen LogP contribution in [-0.2, 0) is 9.53 Å². The van der Waals surface area contributed by atoms with Crippen LogP contribution in [-0.4, -0.2) is 33.4 Å². The van der Waals surface area contributed by atoms with Gasteiger partial charge in [0.05, 0.1) is 24.3 Å². The first-order valence-electron chi connectivity index (χ1n) is 7.02. The van der Waals surface area contributed by atoms with Crippen LogP contribution < -0.4 is 0 Å². The van der Waals surface area contributed by atoms with Gasteiger partial charge in [0.2, 0.25) is 0 Å². The SMILES string of the molecule is CCOC(=O)[C@]1(C)CC[C@@H](n2ncc(C(=O)O)c2Cl)CC1. The number of esters is 1. The average Bonchev–Trinajstić information content (AvgIpc) is 2.82. The van der Waals surface area contributed by atoms with E-state index in [0.717, 1.165) is 12.8 Å². The Labute approximate surface area is 128 Å². The Morgan fingerprint density at radius 1 is 1.52 bits per heavy atom. The number of carbonyl (C=O) groups is 2. The molecule has 0 saturated heterocycles. The van der Waals surface area contributed by atoms with E-state index >= 15 is 0 Å². The van der Waals surface area contributed by atoms with E-state index in [-0.39, 0.29) is 22.7 Å². The lowest BCUT2D eigenvalue weighted by Gasteiger charge is -2.35. The monoisotopic (exact) mass is 314 g/mol. The summed E-state index contributed by atoms with van der Waals surface area (Å²) in [6, 6.07) is 0.0214. The van der Waals surface area contributed by atoms with E-state index in [9.17, 15) is 9.59 Å². The van der Waals surface area contributed by atoms with Crippen molar-refractivity contribution in [3.05, 3.63) is 16.9 Å². The summed E-state index contributed by atoms with van der Waals surface area (Å²) >= 11 is 6.06. The molecular formula is C14H19ClN2O4. The molecule has 116 valence electrons. The highest BCUT2D eigenvalue weighted by molar-refractivity contribution is 6.32. The molecular weight excluding hydrogens is 296 g/mol. The molecule has 2 rings (SSSR count). The molecule has 0 aliphatic heterocycles. The Bertz CT molecular complexity index is 547. The number of halogens is 1. The van der Waals surface area contributed by atoms with Crippen LogP contribution in [0.2, 0.25) is 5.15 Å². The fourth-order valence-electron chi connectivity index (χ4n) is 2.74. The molecule has 1 saturated carbocycles. The van der Waals surface area contributed by atoms with Gasteiger partial charge >= 0.3 is 11.9 Å². The summed E-state index contributed by atoms with van der Waals surface area (Å²) in [4.78, 5) is 23.0. The van der Waals surface area contributed by atoms with E-state index in [0.29, 0.717) is 19.4 Å². The highest BCUT2D eigenvalue weighted by Crippen LogP contribution is 2.42. The molecule has 1 heterocycles. The van der Waals surface area contributed by atoms with E-state index in [4.69, 9.17) is 21.4 Å². The minimum absolute atomic E-state index is 0.00962. The number of carboxylic acid groups (broad SMARTS) is 1. The number of carbonyl (C=O) groups excluding carboxylic acids is 1. The second-order valence-corrected chi connectivity index (χ2v) is 5.97. The van der Waals surface area contributed by atoms with Crippen molar-refractivity contribution in [2.24, 2.45) is 5.41 Å². The van der Waals surface area contributed by atoms with Crippen molar-refractivity contribution < 1.29 is 19.4 Å². The number of hydrogen-bond donors (Lipinski definition) is 1. The summed E-state index contributed by atoms with van der Waals surface area (Å²) in [6.45, 7) is 4.09. The van der Waals surface area contributed by atoms with Gasteiger partial charge in [-0.15, -0.1) is 0 Å². The smallest absolute Gasteiger partial charge is 0.340 e. The molecule has 21 heavy (non-hydrogen) atoms. The summed E-state index contributed by atoms with van der Waals surface area (Å²) < 4.78 is 6.67. The fourth-order valence-corrected chi connectivity index (χ4v) is 3.05. The first-order valence-corrected chi connectivity index (χ1v) is 7.40. The highest BCUT2D eigenvalue weighted by Gasteiger charge is 2.40. The second kappa shape index (κ2) is 6.05. The minimum Gasteiger partial charge on any atom is -0.478 e. The van der Waals surface area contributed by atoms with Crippen molar-refractivity contribution in [3.63, 3.8) is 0 Å². The van der Waals surface area contributed by atoms with E-state index in [1.165, 1.54) is 6.20 Å². The quantitative estimate of drug-likeness (QED) is 0.864. The maximum absolute atomic E-state index is 12.0. The van der Waals surface area contributed by atoms with Crippen molar-refractivity contribution in [3.8, 4) is 0 Å². The Morgan fingerprint density at radius 2 is 2.14 bits per heavy atom. The zero-order chi connectivity index (χ0) is 15.6. The summed E-state index contributed by atoms with van der Waals surface area (Å²) in [5.41, 5.74) is -0.461. The van der Waals surface area contributed by atoms with E-state index in [2.05, 4.69) is 5.10 Å². The van der Waals surface area contributed by atoms with Crippen LogP contribution in [0, 0.1) is 5.41 Å². The van der Waals surface area contributed by atoms with Gasteiger partial charge in [-0.3, -0.25) is 9.48 Å². The molecule has 0 unspecified atom stereocenters. The lowest BCUT2D eigenvalue weighted by Crippen LogP contribution is -2.35. The van der Waals surface area contributed by atoms with E-state index in [1.54, 1.807) is 11.6 Å². The number of carboxylic acids is 1. The Morgan fingerprint density at radius 3 is 2.62 bits per heavy atom. The van der Waals surface area contributed by atoms with Crippen molar-refractivity contribution in [2.75, 3.05) is 6.61 Å². The lowest BCUT2D eigenvalue weighted by molar-refractivity contribution is -0.156. The second-order valence-electron chi connectivity index (χ2n) is 5.61. The zero-order valence-corrected chi connectivity index (χ0v) is 12.9. The van der Waals surface area contributed by atoms with Gasteiger partial charge in [-0.05, 0) is 39.5 Å². The minimum atomic E-state index is -1.08. The van der Waals surface area contributed by atoms with Crippen LogP contribution in [0.3, 0.4) is 0 Å². The predicted molar refractivity (Wildman–Crippen MR) is 76.4 cm³/mol. The number of hydrogen-bond acceptors (Lipinski definition) is 4. The van der Waals surface area contributed by atoms with E-state index < -0.39 is 11.4 Å². The van der Waals surface area contributed by atoms with E-state index in [1.807, 2.05) is 6.92 Å². The van der Waals surface area contributed by atoms with Gasteiger partial charge in [-0.25, -0.2) is 4.79 Å². The maximum Gasteiger partial charge on any atom is 0.340 e. The fraction of sp³-hybridized carbons (Fsp3) is 0.643. The van der Waals surface area contributed by atoms with Gasteiger partial charge in [0.15, 0.2) is 0 Å². The van der Waals surface area contributed by atoms with Crippen LogP contribution in [0.5, 0.6) is 0 Å². The molecule has 1 aliphatic carbocycles. The number of aromatic nitrogens is 2. The number of rotatable bonds is 4. The molecule has 0 spiro atoms. The summed E-state index contributed by atoms with van der Waals surface area (Å²) in [5, 5.41) is 13.2. The molecule has 1 aromatic rings. The van der Waals surface area contributed by atoms with Gasteiger partial charge < -0.3 is 9.84 Å². The molecule has 7 heteroatoms. The van der Waals surface area contributed by atoms with Crippen LogP contribution in [0.4, 0.5) is 0 Å². The third-order valence-electron chi connectivity index (χ3n) is 4.14. The summed E-state index contributed by atoms with van der Waals surface area (Å²) in [6.07, 6.45) is 4.06. The molecule has 0 aromatic carbocycles. The van der Waals surface area contributed by atoms with Gasteiger partial charge in [-0.2, -0.15) is 5.10 Å². The molecule has 1 aliphatic rings. The third kappa shape index (κ3) is 3.05. The summed E-state index contributed by atoms with van der Waals surface area (Å²) in [5.74, 6) is -1.25. The molecule has 0 radical (unpaired) electrons. The highest BCUT2D eigenvalue weighted by atomic mass is 35.5. The molecule has 0 bridgehead atoms. The normalized spacial score (nSPS) is 25.6. The molecule has 0 amide bonds.